The van der Waals surface area contributed by atoms with Crippen LogP contribution in [0.3, 0.4) is 0 Å². The summed E-state index contributed by atoms with van der Waals surface area (Å²) in [6.45, 7) is 0.658. The standard InChI is InChI=1S/C13H15ClFNO2.CH2O3/c14-10-4-3-5-11(15)9(10)8-12(17)16-13-6-1-2-7-18-13;2-1(3)4/h3-5,13H,1-2,6-8H2,(H,16,17);(H2,2,3,4). The molecule has 0 aliphatic carbocycles. The molecule has 1 aliphatic heterocycles. The van der Waals surface area contributed by atoms with Crippen molar-refractivity contribution in [2.45, 2.75) is 31.9 Å². The first-order valence-corrected chi connectivity index (χ1v) is 7.03. The van der Waals surface area contributed by atoms with E-state index in [1.54, 1.807) is 6.07 Å². The first kappa shape index (κ1) is 18.2. The second kappa shape index (κ2) is 9.22. The van der Waals surface area contributed by atoms with Crippen LogP contribution >= 0.6 is 11.6 Å². The molecule has 1 unspecified atom stereocenters. The van der Waals surface area contributed by atoms with Crippen molar-refractivity contribution < 1.29 is 28.9 Å². The van der Waals surface area contributed by atoms with Crippen LogP contribution < -0.4 is 5.32 Å². The summed E-state index contributed by atoms with van der Waals surface area (Å²) < 4.78 is 18.9. The molecular weight excluding hydrogens is 317 g/mol. The first-order valence-electron chi connectivity index (χ1n) is 6.66. The highest BCUT2D eigenvalue weighted by Gasteiger charge is 2.18. The van der Waals surface area contributed by atoms with E-state index in [9.17, 15) is 9.18 Å². The van der Waals surface area contributed by atoms with E-state index in [2.05, 4.69) is 5.32 Å². The van der Waals surface area contributed by atoms with E-state index in [0.29, 0.717) is 6.61 Å². The lowest BCUT2D eigenvalue weighted by Gasteiger charge is -2.23. The quantitative estimate of drug-likeness (QED) is 0.790. The van der Waals surface area contributed by atoms with Gasteiger partial charge in [-0.3, -0.25) is 4.79 Å². The van der Waals surface area contributed by atoms with Crippen molar-refractivity contribution in [1.29, 1.82) is 0 Å². The monoisotopic (exact) mass is 333 g/mol. The minimum Gasteiger partial charge on any atom is -0.450 e. The Morgan fingerprint density at radius 3 is 2.59 bits per heavy atom. The van der Waals surface area contributed by atoms with Gasteiger partial charge in [0.25, 0.3) is 0 Å². The lowest BCUT2D eigenvalue weighted by atomic mass is 10.1. The molecule has 122 valence electrons. The summed E-state index contributed by atoms with van der Waals surface area (Å²) in [5.41, 5.74) is 0.229. The molecule has 0 radical (unpaired) electrons. The molecular formula is C14H17ClFNO5. The van der Waals surface area contributed by atoms with E-state index < -0.39 is 12.0 Å². The SMILES string of the molecule is O=C(Cc1c(F)cccc1Cl)NC1CCCCO1.O=C(O)O. The molecule has 0 saturated carbocycles. The zero-order chi connectivity index (χ0) is 16.5. The van der Waals surface area contributed by atoms with Crippen molar-refractivity contribution in [2.75, 3.05) is 6.61 Å². The molecule has 1 aromatic carbocycles. The Bertz CT molecular complexity index is 496. The number of ether oxygens (including phenoxy) is 1. The molecule has 1 fully saturated rings. The summed E-state index contributed by atoms with van der Waals surface area (Å²) in [4.78, 5) is 20.3. The summed E-state index contributed by atoms with van der Waals surface area (Å²) in [5.74, 6) is -0.726. The molecule has 3 N–H and O–H groups in total. The van der Waals surface area contributed by atoms with Crippen LogP contribution in [0.1, 0.15) is 24.8 Å². The average molecular weight is 334 g/mol. The zero-order valence-corrected chi connectivity index (χ0v) is 12.5. The Morgan fingerprint density at radius 1 is 1.36 bits per heavy atom. The minimum atomic E-state index is -1.83. The van der Waals surface area contributed by atoms with Gasteiger partial charge in [-0.2, -0.15) is 0 Å². The number of hydrogen-bond acceptors (Lipinski definition) is 3. The van der Waals surface area contributed by atoms with E-state index in [4.69, 9.17) is 31.3 Å². The number of amides is 1. The summed E-state index contributed by atoms with van der Waals surface area (Å²) in [5, 5.41) is 17.0. The number of nitrogens with one attached hydrogen (secondary N) is 1. The fourth-order valence-corrected chi connectivity index (χ4v) is 2.18. The normalized spacial score (nSPS) is 17.1. The zero-order valence-electron chi connectivity index (χ0n) is 11.7. The number of rotatable bonds is 3. The summed E-state index contributed by atoms with van der Waals surface area (Å²) >= 11 is 5.87. The van der Waals surface area contributed by atoms with Crippen molar-refractivity contribution in [3.63, 3.8) is 0 Å². The van der Waals surface area contributed by atoms with Gasteiger partial charge in [0.1, 0.15) is 12.0 Å². The highest BCUT2D eigenvalue weighted by molar-refractivity contribution is 6.31. The van der Waals surface area contributed by atoms with Gasteiger partial charge in [0.05, 0.1) is 6.42 Å². The molecule has 1 aliphatic rings. The van der Waals surface area contributed by atoms with Gasteiger partial charge in [0.2, 0.25) is 5.91 Å². The molecule has 0 bridgehead atoms. The predicted octanol–water partition coefficient (Wildman–Crippen LogP) is 2.89. The van der Waals surface area contributed by atoms with Gasteiger partial charge in [0.15, 0.2) is 0 Å². The Morgan fingerprint density at radius 2 is 2.05 bits per heavy atom. The molecule has 1 aromatic rings. The maximum absolute atomic E-state index is 13.5. The third kappa shape index (κ3) is 6.73. The highest BCUT2D eigenvalue weighted by Crippen LogP contribution is 2.19. The number of halogens is 2. The predicted molar refractivity (Wildman–Crippen MR) is 77.5 cm³/mol. The molecule has 1 saturated heterocycles. The number of hydrogen-bond donors (Lipinski definition) is 3. The largest absolute Gasteiger partial charge is 0.503 e. The number of carbonyl (C=O) groups is 2. The maximum atomic E-state index is 13.5. The van der Waals surface area contributed by atoms with Crippen molar-refractivity contribution in [2.24, 2.45) is 0 Å². The molecule has 22 heavy (non-hydrogen) atoms. The summed E-state index contributed by atoms with van der Waals surface area (Å²) in [6.07, 6.45) is 0.704. The average Bonchev–Trinajstić information content (AvgIpc) is 2.43. The molecule has 6 nitrogen and oxygen atoms in total. The maximum Gasteiger partial charge on any atom is 0.503 e. The van der Waals surface area contributed by atoms with Crippen LogP contribution in [0.2, 0.25) is 5.02 Å². The molecule has 8 heteroatoms. The van der Waals surface area contributed by atoms with Crippen LogP contribution in [-0.4, -0.2) is 35.1 Å². The Labute approximate surface area is 131 Å². The van der Waals surface area contributed by atoms with Gasteiger partial charge in [0, 0.05) is 17.2 Å². The van der Waals surface area contributed by atoms with Crippen molar-refractivity contribution in [3.05, 3.63) is 34.6 Å². The van der Waals surface area contributed by atoms with E-state index in [1.807, 2.05) is 0 Å². The van der Waals surface area contributed by atoms with Gasteiger partial charge in [-0.15, -0.1) is 0 Å². The Balaban J connectivity index is 0.000000541. The van der Waals surface area contributed by atoms with E-state index in [0.717, 1.165) is 19.3 Å². The van der Waals surface area contributed by atoms with Gasteiger partial charge < -0.3 is 20.3 Å². The van der Waals surface area contributed by atoms with Gasteiger partial charge in [-0.25, -0.2) is 9.18 Å². The van der Waals surface area contributed by atoms with E-state index >= 15 is 0 Å². The van der Waals surface area contributed by atoms with Crippen molar-refractivity contribution >= 4 is 23.7 Å². The first-order chi connectivity index (χ1) is 10.4. The molecule has 1 amide bonds. The highest BCUT2D eigenvalue weighted by atomic mass is 35.5. The fraction of sp³-hybridized carbons (Fsp3) is 0.429. The molecule has 1 heterocycles. The van der Waals surface area contributed by atoms with Crippen molar-refractivity contribution in [1.82, 2.24) is 5.32 Å². The van der Waals surface area contributed by atoms with Gasteiger partial charge >= 0.3 is 6.16 Å². The molecule has 0 spiro atoms. The molecule has 2 rings (SSSR count). The smallest absolute Gasteiger partial charge is 0.450 e. The van der Waals surface area contributed by atoms with Crippen LogP contribution in [0.5, 0.6) is 0 Å². The Kier molecular flexibility index (Phi) is 7.62. The van der Waals surface area contributed by atoms with E-state index in [-0.39, 0.29) is 29.1 Å². The third-order valence-corrected chi connectivity index (χ3v) is 3.25. The van der Waals surface area contributed by atoms with E-state index in [1.165, 1.54) is 12.1 Å². The second-order valence-electron chi connectivity index (χ2n) is 4.58. The van der Waals surface area contributed by atoms with Crippen LogP contribution in [-0.2, 0) is 16.0 Å². The number of carbonyl (C=O) groups excluding carboxylic acids is 1. The molecule has 1 atom stereocenters. The van der Waals surface area contributed by atoms with Crippen LogP contribution in [0.25, 0.3) is 0 Å². The summed E-state index contributed by atoms with van der Waals surface area (Å²) in [7, 11) is 0. The second-order valence-corrected chi connectivity index (χ2v) is 4.99. The van der Waals surface area contributed by atoms with Crippen LogP contribution in [0.15, 0.2) is 18.2 Å². The molecule has 0 aromatic heterocycles. The van der Waals surface area contributed by atoms with Crippen LogP contribution in [0.4, 0.5) is 9.18 Å². The lowest BCUT2D eigenvalue weighted by molar-refractivity contribution is -0.126. The van der Waals surface area contributed by atoms with Crippen molar-refractivity contribution in [3.8, 4) is 0 Å². The minimum absolute atomic E-state index is 0.0641. The van der Waals surface area contributed by atoms with Gasteiger partial charge in [-0.1, -0.05) is 17.7 Å². The number of carboxylic acid groups (broad SMARTS) is 2. The summed E-state index contributed by atoms with van der Waals surface area (Å²) in [6, 6.07) is 4.39. The lowest BCUT2D eigenvalue weighted by Crippen LogP contribution is -2.39. The van der Waals surface area contributed by atoms with Gasteiger partial charge in [-0.05, 0) is 31.4 Å². The fourth-order valence-electron chi connectivity index (χ4n) is 1.95. The topological polar surface area (TPSA) is 95.9 Å². The third-order valence-electron chi connectivity index (χ3n) is 2.90. The number of benzene rings is 1. The Hall–Kier alpha value is -1.86. The van der Waals surface area contributed by atoms with Crippen LogP contribution in [0, 0.1) is 5.82 Å².